The van der Waals surface area contributed by atoms with Crippen LogP contribution in [0, 0.1) is 5.82 Å². The smallest absolute Gasteiger partial charge is 0.275 e. The van der Waals surface area contributed by atoms with Crippen LogP contribution in [-0.2, 0) is 4.79 Å². The molecule has 130 valence electrons. The quantitative estimate of drug-likeness (QED) is 0.799. The van der Waals surface area contributed by atoms with Crippen molar-refractivity contribution in [1.82, 2.24) is 9.88 Å². The molecular formula is C16H12Cl2FN3O2S. The fourth-order valence-electron chi connectivity index (χ4n) is 2.34. The van der Waals surface area contributed by atoms with Crippen molar-refractivity contribution in [3.05, 3.63) is 58.1 Å². The number of hydrogen-bond donors (Lipinski definition) is 1. The largest absolute Gasteiger partial charge is 0.322 e. The van der Waals surface area contributed by atoms with Crippen molar-refractivity contribution in [2.75, 3.05) is 16.9 Å². The average Bonchev–Trinajstić information content (AvgIpc) is 3.08. The van der Waals surface area contributed by atoms with Gasteiger partial charge < -0.3 is 10.2 Å². The fraction of sp³-hybridized carbons (Fsp3) is 0.188. The summed E-state index contributed by atoms with van der Waals surface area (Å²) in [6.07, 6.45) is 0. The summed E-state index contributed by atoms with van der Waals surface area (Å²) >= 11 is 13.3. The van der Waals surface area contributed by atoms with E-state index in [4.69, 9.17) is 23.2 Å². The van der Waals surface area contributed by atoms with Crippen LogP contribution in [0.3, 0.4) is 0 Å². The van der Waals surface area contributed by atoms with Crippen molar-refractivity contribution in [1.29, 1.82) is 0 Å². The van der Waals surface area contributed by atoms with Gasteiger partial charge in [-0.1, -0.05) is 35.3 Å². The molecule has 9 heteroatoms. The number of halogens is 3. The molecule has 3 rings (SSSR count). The third kappa shape index (κ3) is 3.89. The summed E-state index contributed by atoms with van der Waals surface area (Å²) in [7, 11) is 0. The molecule has 0 bridgehead atoms. The highest BCUT2D eigenvalue weighted by Crippen LogP contribution is 2.27. The van der Waals surface area contributed by atoms with Crippen LogP contribution in [-0.4, -0.2) is 39.4 Å². The van der Waals surface area contributed by atoms with Crippen molar-refractivity contribution in [2.45, 2.75) is 6.04 Å². The summed E-state index contributed by atoms with van der Waals surface area (Å²) in [5.74, 6) is -0.810. The lowest BCUT2D eigenvalue weighted by Crippen LogP contribution is -2.45. The Hall–Kier alpha value is -1.83. The Labute approximate surface area is 157 Å². The van der Waals surface area contributed by atoms with E-state index in [9.17, 15) is 14.0 Å². The molecule has 1 aromatic heterocycles. The molecule has 2 aromatic rings. The number of amides is 2. The molecule has 1 aliphatic heterocycles. The Balaban J connectivity index is 1.80. The van der Waals surface area contributed by atoms with Gasteiger partial charge in [0.1, 0.15) is 22.7 Å². The summed E-state index contributed by atoms with van der Waals surface area (Å²) in [5, 5.41) is 2.80. The molecule has 1 aliphatic rings. The van der Waals surface area contributed by atoms with Gasteiger partial charge in [0.25, 0.3) is 5.91 Å². The predicted molar refractivity (Wildman–Crippen MR) is 96.6 cm³/mol. The third-order valence-electron chi connectivity index (χ3n) is 3.59. The van der Waals surface area contributed by atoms with Crippen LogP contribution in [0.5, 0.6) is 0 Å². The highest BCUT2D eigenvalue weighted by Gasteiger charge is 2.36. The molecule has 0 spiro atoms. The zero-order valence-corrected chi connectivity index (χ0v) is 15.0. The molecule has 2 amide bonds. The Kier molecular flexibility index (Phi) is 5.46. The molecular weight excluding hydrogens is 388 g/mol. The number of carbonyl (C=O) groups excluding carboxylic acids is 2. The number of carbonyl (C=O) groups is 2. The van der Waals surface area contributed by atoms with E-state index in [0.29, 0.717) is 11.6 Å². The van der Waals surface area contributed by atoms with Crippen molar-refractivity contribution in [3.63, 3.8) is 0 Å². The van der Waals surface area contributed by atoms with E-state index in [-0.39, 0.29) is 21.6 Å². The monoisotopic (exact) mass is 399 g/mol. The van der Waals surface area contributed by atoms with Crippen LogP contribution >= 0.6 is 35.0 Å². The van der Waals surface area contributed by atoms with Crippen LogP contribution in [0.15, 0.2) is 36.4 Å². The summed E-state index contributed by atoms with van der Waals surface area (Å²) in [4.78, 5) is 30.5. The van der Waals surface area contributed by atoms with Gasteiger partial charge in [-0.15, -0.1) is 11.8 Å². The van der Waals surface area contributed by atoms with Gasteiger partial charge in [-0.3, -0.25) is 9.59 Å². The molecule has 1 aromatic carbocycles. The van der Waals surface area contributed by atoms with Gasteiger partial charge >= 0.3 is 0 Å². The number of nitrogens with zero attached hydrogens (tertiary/aromatic N) is 2. The molecule has 1 unspecified atom stereocenters. The van der Waals surface area contributed by atoms with Crippen LogP contribution in [0.25, 0.3) is 0 Å². The van der Waals surface area contributed by atoms with Gasteiger partial charge in [0.2, 0.25) is 5.91 Å². The summed E-state index contributed by atoms with van der Waals surface area (Å²) in [5.41, 5.74) is 0.0519. The molecule has 0 radical (unpaired) electrons. The molecule has 5 nitrogen and oxygen atoms in total. The third-order valence-corrected chi connectivity index (χ3v) is 5.12. The lowest BCUT2D eigenvalue weighted by atomic mass is 10.2. The minimum Gasteiger partial charge on any atom is -0.322 e. The number of rotatable bonds is 3. The van der Waals surface area contributed by atoms with Crippen LogP contribution in [0.2, 0.25) is 10.2 Å². The maximum Gasteiger partial charge on any atom is 0.275 e. The number of para-hydroxylation sites is 1. The van der Waals surface area contributed by atoms with E-state index in [1.54, 1.807) is 6.07 Å². The minimum absolute atomic E-state index is 0.0136. The first-order chi connectivity index (χ1) is 12.0. The van der Waals surface area contributed by atoms with Gasteiger partial charge in [0.15, 0.2) is 0 Å². The molecule has 2 heterocycles. The van der Waals surface area contributed by atoms with Crippen molar-refractivity contribution >= 4 is 52.5 Å². The number of nitrogens with one attached hydrogen (secondary N) is 1. The second kappa shape index (κ2) is 7.59. The van der Waals surface area contributed by atoms with E-state index >= 15 is 0 Å². The standard InChI is InChI=1S/C16H12Cl2FN3O2S/c17-9-5-6-13(18)21-14(9)16(24)22-8-25-7-12(22)15(23)20-11-4-2-1-3-10(11)19/h1-6,12H,7-8H2,(H,20,23). The topological polar surface area (TPSA) is 62.3 Å². The van der Waals surface area contributed by atoms with Crippen LogP contribution in [0.1, 0.15) is 10.5 Å². The number of thioether (sulfide) groups is 1. The Morgan fingerprint density at radius 1 is 1.24 bits per heavy atom. The lowest BCUT2D eigenvalue weighted by molar-refractivity contribution is -0.119. The normalized spacial score (nSPS) is 16.8. The second-order valence-electron chi connectivity index (χ2n) is 5.22. The molecule has 0 aliphatic carbocycles. The van der Waals surface area contributed by atoms with Gasteiger partial charge in [-0.2, -0.15) is 0 Å². The van der Waals surface area contributed by atoms with E-state index in [1.165, 1.54) is 47.0 Å². The van der Waals surface area contributed by atoms with Crippen LogP contribution < -0.4 is 5.32 Å². The zero-order valence-electron chi connectivity index (χ0n) is 12.7. The van der Waals surface area contributed by atoms with Crippen LogP contribution in [0.4, 0.5) is 10.1 Å². The van der Waals surface area contributed by atoms with Gasteiger partial charge in [0.05, 0.1) is 16.6 Å². The number of pyridine rings is 1. The summed E-state index contributed by atoms with van der Waals surface area (Å²) in [6, 6.07) is 8.03. The van der Waals surface area contributed by atoms with Gasteiger partial charge in [-0.25, -0.2) is 9.37 Å². The maximum atomic E-state index is 13.7. The van der Waals surface area contributed by atoms with Crippen molar-refractivity contribution in [2.24, 2.45) is 0 Å². The zero-order chi connectivity index (χ0) is 18.0. The maximum absolute atomic E-state index is 13.7. The first-order valence-electron chi connectivity index (χ1n) is 7.23. The van der Waals surface area contributed by atoms with E-state index in [2.05, 4.69) is 10.3 Å². The van der Waals surface area contributed by atoms with Gasteiger partial charge in [0, 0.05) is 5.75 Å². The number of aromatic nitrogens is 1. The summed E-state index contributed by atoms with van der Waals surface area (Å²) < 4.78 is 13.7. The van der Waals surface area contributed by atoms with Crippen molar-refractivity contribution in [3.8, 4) is 0 Å². The number of hydrogen-bond acceptors (Lipinski definition) is 4. The fourth-order valence-corrected chi connectivity index (χ4v) is 3.83. The minimum atomic E-state index is -0.756. The molecule has 25 heavy (non-hydrogen) atoms. The SMILES string of the molecule is O=C(Nc1ccccc1F)C1CSCN1C(=O)c1nc(Cl)ccc1Cl. The number of anilines is 1. The molecule has 1 N–H and O–H groups in total. The first kappa shape index (κ1) is 18.0. The van der Waals surface area contributed by atoms with Gasteiger partial charge in [-0.05, 0) is 24.3 Å². The summed E-state index contributed by atoms with van der Waals surface area (Å²) in [6.45, 7) is 0. The van der Waals surface area contributed by atoms with E-state index < -0.39 is 23.7 Å². The van der Waals surface area contributed by atoms with Crippen molar-refractivity contribution < 1.29 is 14.0 Å². The van der Waals surface area contributed by atoms with E-state index in [0.717, 1.165) is 0 Å². The Morgan fingerprint density at radius 3 is 2.76 bits per heavy atom. The second-order valence-corrected chi connectivity index (χ2v) is 7.02. The highest BCUT2D eigenvalue weighted by molar-refractivity contribution is 7.99. The molecule has 1 saturated heterocycles. The van der Waals surface area contributed by atoms with E-state index in [1.807, 2.05) is 0 Å². The molecule has 0 saturated carbocycles. The number of benzene rings is 1. The first-order valence-corrected chi connectivity index (χ1v) is 9.14. The Bertz CT molecular complexity index is 837. The average molecular weight is 400 g/mol. The predicted octanol–water partition coefficient (Wildman–Crippen LogP) is 3.68. The Morgan fingerprint density at radius 2 is 2.00 bits per heavy atom. The lowest BCUT2D eigenvalue weighted by Gasteiger charge is -2.23. The highest BCUT2D eigenvalue weighted by atomic mass is 35.5. The molecule has 1 fully saturated rings. The molecule has 1 atom stereocenters.